The first-order valence-corrected chi connectivity index (χ1v) is 10.1. The number of benzene rings is 3. The Morgan fingerprint density at radius 2 is 1.35 bits per heavy atom. The molecule has 3 rings (SSSR count). The first-order valence-electron chi connectivity index (χ1n) is 10.1. The van der Waals surface area contributed by atoms with Crippen LogP contribution < -0.4 is 16.0 Å². The molecule has 0 fully saturated rings. The van der Waals surface area contributed by atoms with E-state index in [4.69, 9.17) is 0 Å². The summed E-state index contributed by atoms with van der Waals surface area (Å²) in [5.41, 5.74) is 2.61. The Hall–Kier alpha value is -3.93. The maximum atomic E-state index is 12.6. The van der Waals surface area contributed by atoms with Crippen LogP contribution in [-0.2, 0) is 16.1 Å². The lowest BCUT2D eigenvalue weighted by atomic mass is 10.0. The van der Waals surface area contributed by atoms with E-state index in [1.165, 1.54) is 0 Å². The number of hydrogen-bond acceptors (Lipinski definition) is 3. The molecule has 0 aliphatic carbocycles. The van der Waals surface area contributed by atoms with Crippen LogP contribution >= 0.6 is 0 Å². The summed E-state index contributed by atoms with van der Waals surface area (Å²) in [5, 5.41) is 8.01. The summed E-state index contributed by atoms with van der Waals surface area (Å²) < 4.78 is 0. The topological polar surface area (TPSA) is 87.3 Å². The van der Waals surface area contributed by atoms with Gasteiger partial charge in [0.2, 0.25) is 0 Å². The molecule has 0 saturated carbocycles. The van der Waals surface area contributed by atoms with Crippen LogP contribution in [0.4, 0.5) is 5.69 Å². The van der Waals surface area contributed by atoms with Crippen molar-refractivity contribution in [1.29, 1.82) is 0 Å². The van der Waals surface area contributed by atoms with Crippen molar-refractivity contribution in [2.75, 3.05) is 11.9 Å². The third-order valence-electron chi connectivity index (χ3n) is 4.86. The van der Waals surface area contributed by atoms with E-state index >= 15 is 0 Å². The predicted molar refractivity (Wildman–Crippen MR) is 121 cm³/mol. The molecule has 0 heterocycles. The number of carbonyl (C=O) groups excluding carboxylic acids is 3. The molecule has 0 spiro atoms. The van der Waals surface area contributed by atoms with Crippen LogP contribution in [0.1, 0.15) is 34.3 Å². The Morgan fingerprint density at radius 3 is 2.06 bits per heavy atom. The van der Waals surface area contributed by atoms with Crippen molar-refractivity contribution in [2.24, 2.45) is 0 Å². The monoisotopic (exact) mass is 415 g/mol. The summed E-state index contributed by atoms with van der Waals surface area (Å²) in [6, 6.07) is 25.8. The fourth-order valence-electron chi connectivity index (χ4n) is 3.07. The molecule has 0 saturated heterocycles. The maximum absolute atomic E-state index is 12.6. The fourth-order valence-corrected chi connectivity index (χ4v) is 3.07. The van der Waals surface area contributed by atoms with Crippen LogP contribution in [0.5, 0.6) is 0 Å². The molecule has 3 N–H and O–H groups in total. The zero-order chi connectivity index (χ0) is 22.1. The van der Waals surface area contributed by atoms with Gasteiger partial charge in [-0.15, -0.1) is 0 Å². The second kappa shape index (κ2) is 10.7. The minimum atomic E-state index is -0.816. The Balaban J connectivity index is 1.57. The maximum Gasteiger partial charge on any atom is 0.313 e. The number of para-hydroxylation sites is 1. The van der Waals surface area contributed by atoms with Gasteiger partial charge < -0.3 is 16.0 Å². The van der Waals surface area contributed by atoms with Crippen LogP contribution in [0, 0.1) is 0 Å². The number of hydrogen-bond donors (Lipinski definition) is 3. The average molecular weight is 415 g/mol. The van der Waals surface area contributed by atoms with E-state index in [1.807, 2.05) is 67.6 Å². The summed E-state index contributed by atoms with van der Waals surface area (Å²) in [6.45, 7) is 2.66. The van der Waals surface area contributed by atoms with Crippen LogP contribution in [0.15, 0.2) is 84.9 Å². The summed E-state index contributed by atoms with van der Waals surface area (Å²) >= 11 is 0. The van der Waals surface area contributed by atoms with Crippen molar-refractivity contribution in [3.05, 3.63) is 102 Å². The number of rotatable bonds is 7. The molecule has 0 bridgehead atoms. The standard InChI is InChI=1S/C25H25N3O3/c1-18(20-12-6-3-7-13-20)16-26-24(30)25(31)28-22-15-9-8-14-21(22)23(29)27-17-19-10-4-2-5-11-19/h2-15,18H,16-17H2,1H3,(H,26,30)(H,27,29)(H,28,31)/t18-/m0/s1. The van der Waals surface area contributed by atoms with Gasteiger partial charge >= 0.3 is 11.8 Å². The Morgan fingerprint density at radius 1 is 0.742 bits per heavy atom. The van der Waals surface area contributed by atoms with Gasteiger partial charge in [0.05, 0.1) is 11.3 Å². The summed E-state index contributed by atoms with van der Waals surface area (Å²) in [7, 11) is 0. The van der Waals surface area contributed by atoms with Gasteiger partial charge in [0.15, 0.2) is 0 Å². The Bertz CT molecular complexity index is 1040. The molecule has 6 nitrogen and oxygen atoms in total. The third kappa shape index (κ3) is 6.27. The minimum absolute atomic E-state index is 0.0639. The molecule has 31 heavy (non-hydrogen) atoms. The third-order valence-corrected chi connectivity index (χ3v) is 4.86. The van der Waals surface area contributed by atoms with Crippen LogP contribution in [0.2, 0.25) is 0 Å². The lowest BCUT2D eigenvalue weighted by Crippen LogP contribution is -2.37. The lowest BCUT2D eigenvalue weighted by molar-refractivity contribution is -0.136. The van der Waals surface area contributed by atoms with E-state index in [-0.39, 0.29) is 23.1 Å². The summed E-state index contributed by atoms with van der Waals surface area (Å²) in [6.07, 6.45) is 0. The highest BCUT2D eigenvalue weighted by Gasteiger charge is 2.18. The largest absolute Gasteiger partial charge is 0.348 e. The van der Waals surface area contributed by atoms with Crippen molar-refractivity contribution in [3.8, 4) is 0 Å². The molecule has 0 aromatic heterocycles. The highest BCUT2D eigenvalue weighted by molar-refractivity contribution is 6.40. The normalized spacial score (nSPS) is 11.3. The summed E-state index contributed by atoms with van der Waals surface area (Å²) in [5.74, 6) is -1.84. The van der Waals surface area contributed by atoms with Gasteiger partial charge in [-0.05, 0) is 29.2 Å². The van der Waals surface area contributed by atoms with Gasteiger partial charge in [0, 0.05) is 13.1 Å². The highest BCUT2D eigenvalue weighted by Crippen LogP contribution is 2.16. The molecule has 0 unspecified atom stereocenters. The molecular weight excluding hydrogens is 390 g/mol. The highest BCUT2D eigenvalue weighted by atomic mass is 16.2. The molecule has 3 aromatic carbocycles. The SMILES string of the molecule is C[C@@H](CNC(=O)C(=O)Nc1ccccc1C(=O)NCc1ccccc1)c1ccccc1. The Labute approximate surface area is 181 Å². The molecule has 6 heteroatoms. The van der Waals surface area contributed by atoms with Gasteiger partial charge in [-0.1, -0.05) is 79.7 Å². The molecule has 0 aliphatic heterocycles. The molecule has 0 radical (unpaired) electrons. The van der Waals surface area contributed by atoms with Crippen LogP contribution in [-0.4, -0.2) is 24.3 Å². The fraction of sp³-hybridized carbons (Fsp3) is 0.160. The number of anilines is 1. The van der Waals surface area contributed by atoms with Gasteiger partial charge in [-0.3, -0.25) is 14.4 Å². The van der Waals surface area contributed by atoms with Crippen LogP contribution in [0.3, 0.4) is 0 Å². The van der Waals surface area contributed by atoms with E-state index in [0.717, 1.165) is 11.1 Å². The van der Waals surface area contributed by atoms with Gasteiger partial charge in [-0.25, -0.2) is 0 Å². The van der Waals surface area contributed by atoms with E-state index in [2.05, 4.69) is 16.0 Å². The second-order valence-corrected chi connectivity index (χ2v) is 7.19. The number of carbonyl (C=O) groups is 3. The quantitative estimate of drug-likeness (QED) is 0.517. The molecule has 158 valence electrons. The zero-order valence-electron chi connectivity index (χ0n) is 17.3. The van der Waals surface area contributed by atoms with E-state index < -0.39 is 11.8 Å². The van der Waals surface area contributed by atoms with Gasteiger partial charge in [0.25, 0.3) is 5.91 Å². The molecule has 3 amide bonds. The van der Waals surface area contributed by atoms with E-state index in [9.17, 15) is 14.4 Å². The molecule has 0 aliphatic rings. The van der Waals surface area contributed by atoms with Gasteiger partial charge in [-0.2, -0.15) is 0 Å². The van der Waals surface area contributed by atoms with Crippen molar-refractivity contribution < 1.29 is 14.4 Å². The number of nitrogens with one attached hydrogen (secondary N) is 3. The first kappa shape index (κ1) is 21.8. The van der Waals surface area contributed by atoms with Crippen molar-refractivity contribution >= 4 is 23.4 Å². The average Bonchev–Trinajstić information content (AvgIpc) is 2.82. The Kier molecular flexibility index (Phi) is 7.54. The van der Waals surface area contributed by atoms with E-state index in [1.54, 1.807) is 24.3 Å². The van der Waals surface area contributed by atoms with Gasteiger partial charge in [0.1, 0.15) is 0 Å². The number of amides is 3. The van der Waals surface area contributed by atoms with Crippen LogP contribution in [0.25, 0.3) is 0 Å². The predicted octanol–water partition coefficient (Wildman–Crippen LogP) is 3.48. The first-order chi connectivity index (χ1) is 15.0. The van der Waals surface area contributed by atoms with Crippen molar-refractivity contribution in [2.45, 2.75) is 19.4 Å². The smallest absolute Gasteiger partial charge is 0.313 e. The van der Waals surface area contributed by atoms with Crippen molar-refractivity contribution in [3.63, 3.8) is 0 Å². The zero-order valence-corrected chi connectivity index (χ0v) is 17.3. The second-order valence-electron chi connectivity index (χ2n) is 7.19. The molecule has 1 atom stereocenters. The molecule has 3 aromatic rings. The minimum Gasteiger partial charge on any atom is -0.348 e. The lowest BCUT2D eigenvalue weighted by Gasteiger charge is -2.14. The molecular formula is C25H25N3O3. The van der Waals surface area contributed by atoms with Crippen molar-refractivity contribution in [1.82, 2.24) is 10.6 Å². The summed E-state index contributed by atoms with van der Waals surface area (Å²) in [4.78, 5) is 37.2. The van der Waals surface area contributed by atoms with E-state index in [0.29, 0.717) is 13.1 Å².